The Kier molecular flexibility index (Phi) is 7.89. The van der Waals surface area contributed by atoms with Crippen molar-refractivity contribution in [2.75, 3.05) is 31.5 Å². The van der Waals surface area contributed by atoms with Crippen molar-refractivity contribution in [1.29, 1.82) is 0 Å². The first-order chi connectivity index (χ1) is 15.9. The summed E-state index contributed by atoms with van der Waals surface area (Å²) in [5.74, 6) is 1.01. The maximum absolute atomic E-state index is 11.8. The number of anilines is 2. The molecule has 0 fully saturated rings. The van der Waals surface area contributed by atoms with Gasteiger partial charge in [-0.25, -0.2) is 4.79 Å². The fraction of sp³-hybridized carbons (Fsp3) is 0.292. The summed E-state index contributed by atoms with van der Waals surface area (Å²) in [6.07, 6.45) is 0. The Morgan fingerprint density at radius 2 is 1.73 bits per heavy atom. The standard InChI is InChI=1S/C24H28N4O4S/c1-6-32-23(29)18-8-10-19(11-9-18)25-24(33)26-22-15(2)27-28(16(22)3)14-17-7-12-20(30-4)21(13-17)31-5/h7-13H,6,14H2,1-5H3,(H2,25,26,33). The molecule has 0 saturated heterocycles. The van der Waals surface area contributed by atoms with Gasteiger partial charge in [-0.2, -0.15) is 5.10 Å². The highest BCUT2D eigenvalue weighted by Gasteiger charge is 2.14. The Hall–Kier alpha value is -3.59. The van der Waals surface area contributed by atoms with Crippen LogP contribution in [0.1, 0.15) is 34.2 Å². The molecule has 8 nitrogen and oxygen atoms in total. The Labute approximate surface area is 198 Å². The molecule has 0 atom stereocenters. The molecule has 0 spiro atoms. The maximum atomic E-state index is 11.8. The highest BCUT2D eigenvalue weighted by molar-refractivity contribution is 7.80. The van der Waals surface area contributed by atoms with Crippen LogP contribution in [0.25, 0.3) is 0 Å². The minimum atomic E-state index is -0.349. The summed E-state index contributed by atoms with van der Waals surface area (Å²) in [5.41, 5.74) is 4.90. The number of thiocarbonyl (C=S) groups is 1. The lowest BCUT2D eigenvalue weighted by atomic mass is 10.2. The minimum absolute atomic E-state index is 0.339. The Bertz CT molecular complexity index is 1140. The number of methoxy groups -OCH3 is 2. The molecule has 1 aromatic heterocycles. The predicted octanol–water partition coefficient (Wildman–Crippen LogP) is 4.55. The number of hydrogen-bond donors (Lipinski definition) is 2. The molecule has 9 heteroatoms. The Balaban J connectivity index is 1.68. The predicted molar refractivity (Wildman–Crippen MR) is 133 cm³/mol. The van der Waals surface area contributed by atoms with Crippen LogP contribution in [-0.2, 0) is 11.3 Å². The smallest absolute Gasteiger partial charge is 0.338 e. The molecule has 0 bridgehead atoms. The van der Waals surface area contributed by atoms with E-state index in [4.69, 9.17) is 26.4 Å². The number of nitrogens with one attached hydrogen (secondary N) is 2. The van der Waals surface area contributed by atoms with Crippen molar-refractivity contribution in [1.82, 2.24) is 9.78 Å². The van der Waals surface area contributed by atoms with Crippen molar-refractivity contribution in [3.8, 4) is 11.5 Å². The first-order valence-electron chi connectivity index (χ1n) is 10.5. The molecule has 2 N–H and O–H groups in total. The lowest BCUT2D eigenvalue weighted by molar-refractivity contribution is 0.0526. The summed E-state index contributed by atoms with van der Waals surface area (Å²) in [6, 6.07) is 12.7. The van der Waals surface area contributed by atoms with Crippen molar-refractivity contribution >= 4 is 34.7 Å². The van der Waals surface area contributed by atoms with Gasteiger partial charge < -0.3 is 24.8 Å². The molecule has 0 aliphatic rings. The molecule has 0 aliphatic heterocycles. The molecule has 0 radical (unpaired) electrons. The molecule has 0 saturated carbocycles. The van der Waals surface area contributed by atoms with Crippen molar-refractivity contribution in [3.63, 3.8) is 0 Å². The summed E-state index contributed by atoms with van der Waals surface area (Å²) >= 11 is 5.48. The molecular weight excluding hydrogens is 440 g/mol. The third kappa shape index (κ3) is 5.81. The van der Waals surface area contributed by atoms with Crippen LogP contribution in [0.3, 0.4) is 0 Å². The number of aromatic nitrogens is 2. The van der Waals surface area contributed by atoms with Crippen molar-refractivity contribution in [2.24, 2.45) is 0 Å². The van der Waals surface area contributed by atoms with Crippen molar-refractivity contribution in [2.45, 2.75) is 27.3 Å². The van der Waals surface area contributed by atoms with E-state index in [0.717, 1.165) is 28.3 Å². The number of ether oxygens (including phenoxy) is 3. The lowest BCUT2D eigenvalue weighted by Gasteiger charge is -2.12. The first-order valence-corrected chi connectivity index (χ1v) is 10.9. The van der Waals surface area contributed by atoms with E-state index in [0.29, 0.717) is 35.3 Å². The van der Waals surface area contributed by atoms with Crippen LogP contribution in [0.4, 0.5) is 11.4 Å². The summed E-state index contributed by atoms with van der Waals surface area (Å²) < 4.78 is 17.6. The number of aryl methyl sites for hydroxylation is 1. The molecular formula is C24H28N4O4S. The van der Waals surface area contributed by atoms with Gasteiger partial charge in [0.2, 0.25) is 0 Å². The third-order valence-electron chi connectivity index (χ3n) is 5.05. The highest BCUT2D eigenvalue weighted by Crippen LogP contribution is 2.28. The number of esters is 1. The highest BCUT2D eigenvalue weighted by atomic mass is 32.1. The number of rotatable bonds is 8. The average molecular weight is 469 g/mol. The summed E-state index contributed by atoms with van der Waals surface area (Å²) in [4.78, 5) is 11.8. The zero-order chi connectivity index (χ0) is 24.0. The Morgan fingerprint density at radius 3 is 2.36 bits per heavy atom. The van der Waals surface area contributed by atoms with Gasteiger partial charge in [-0.3, -0.25) is 4.68 Å². The molecule has 1 heterocycles. The van der Waals surface area contributed by atoms with Gasteiger partial charge in [-0.1, -0.05) is 6.07 Å². The van der Waals surface area contributed by atoms with Crippen LogP contribution in [0, 0.1) is 13.8 Å². The topological polar surface area (TPSA) is 86.6 Å². The monoisotopic (exact) mass is 468 g/mol. The maximum Gasteiger partial charge on any atom is 0.338 e. The number of nitrogens with zero attached hydrogens (tertiary/aromatic N) is 2. The third-order valence-corrected chi connectivity index (χ3v) is 5.26. The van der Waals surface area contributed by atoms with Gasteiger partial charge in [0.15, 0.2) is 16.6 Å². The van der Waals surface area contributed by atoms with Gasteiger partial charge in [-0.15, -0.1) is 0 Å². The number of hydrogen-bond acceptors (Lipinski definition) is 6. The second-order valence-corrected chi connectivity index (χ2v) is 7.68. The van der Waals surface area contributed by atoms with Crippen LogP contribution >= 0.6 is 12.2 Å². The normalized spacial score (nSPS) is 10.5. The van der Waals surface area contributed by atoms with Gasteiger partial charge in [0.25, 0.3) is 0 Å². The van der Waals surface area contributed by atoms with Gasteiger partial charge in [-0.05, 0) is 75.0 Å². The average Bonchev–Trinajstić information content (AvgIpc) is 3.06. The summed E-state index contributed by atoms with van der Waals surface area (Å²) in [5, 5.41) is 11.4. The van der Waals surface area contributed by atoms with Gasteiger partial charge in [0, 0.05) is 5.69 Å². The minimum Gasteiger partial charge on any atom is -0.493 e. The van der Waals surface area contributed by atoms with E-state index < -0.39 is 0 Å². The van der Waals surface area contributed by atoms with Crippen LogP contribution in [-0.4, -0.2) is 41.7 Å². The number of carbonyl (C=O) groups is 1. The van der Waals surface area contributed by atoms with Crippen LogP contribution in [0.15, 0.2) is 42.5 Å². The lowest BCUT2D eigenvalue weighted by Crippen LogP contribution is -2.20. The van der Waals surface area contributed by atoms with E-state index in [1.165, 1.54) is 0 Å². The zero-order valence-corrected chi connectivity index (χ0v) is 20.2. The van der Waals surface area contributed by atoms with Crippen molar-refractivity contribution in [3.05, 3.63) is 65.0 Å². The van der Waals surface area contributed by atoms with E-state index in [1.54, 1.807) is 45.4 Å². The molecule has 3 aromatic rings. The molecule has 3 rings (SSSR count). The fourth-order valence-electron chi connectivity index (χ4n) is 3.36. The number of carbonyl (C=O) groups excluding carboxylic acids is 1. The fourth-order valence-corrected chi connectivity index (χ4v) is 3.58. The second-order valence-electron chi connectivity index (χ2n) is 7.27. The molecule has 33 heavy (non-hydrogen) atoms. The van der Waals surface area contributed by atoms with Gasteiger partial charge in [0.1, 0.15) is 0 Å². The van der Waals surface area contributed by atoms with E-state index in [-0.39, 0.29) is 5.97 Å². The molecule has 2 aromatic carbocycles. The SMILES string of the molecule is CCOC(=O)c1ccc(NC(=S)Nc2c(C)nn(Cc3ccc(OC)c(OC)c3)c2C)cc1. The number of benzene rings is 2. The largest absolute Gasteiger partial charge is 0.493 e. The van der Waals surface area contributed by atoms with E-state index in [9.17, 15) is 4.79 Å². The van der Waals surface area contributed by atoms with Gasteiger partial charge >= 0.3 is 5.97 Å². The van der Waals surface area contributed by atoms with Crippen molar-refractivity contribution < 1.29 is 19.0 Å². The molecule has 0 aliphatic carbocycles. The molecule has 0 unspecified atom stereocenters. The zero-order valence-electron chi connectivity index (χ0n) is 19.4. The molecule has 174 valence electrons. The van der Waals surface area contributed by atoms with E-state index in [2.05, 4.69) is 15.7 Å². The van der Waals surface area contributed by atoms with Crippen LogP contribution < -0.4 is 20.1 Å². The van der Waals surface area contributed by atoms with E-state index >= 15 is 0 Å². The summed E-state index contributed by atoms with van der Waals surface area (Å²) in [6.45, 7) is 6.60. The van der Waals surface area contributed by atoms with Crippen LogP contribution in [0.5, 0.6) is 11.5 Å². The van der Waals surface area contributed by atoms with E-state index in [1.807, 2.05) is 36.7 Å². The second kappa shape index (κ2) is 10.8. The summed E-state index contributed by atoms with van der Waals surface area (Å²) in [7, 11) is 3.23. The van der Waals surface area contributed by atoms with Gasteiger partial charge in [0.05, 0.1) is 50.0 Å². The molecule has 0 amide bonds. The quantitative estimate of drug-likeness (QED) is 0.368. The Morgan fingerprint density at radius 1 is 1.03 bits per heavy atom. The van der Waals surface area contributed by atoms with Crippen LogP contribution in [0.2, 0.25) is 0 Å². The first kappa shape index (κ1) is 24.1.